The van der Waals surface area contributed by atoms with Gasteiger partial charge in [0, 0.05) is 38.5 Å². The number of ether oxygens (including phenoxy) is 7. The first-order chi connectivity index (χ1) is 24.0. The summed E-state index contributed by atoms with van der Waals surface area (Å²) >= 11 is 0. The van der Waals surface area contributed by atoms with Gasteiger partial charge in [-0.2, -0.15) is 0 Å². The van der Waals surface area contributed by atoms with Crippen LogP contribution in [0.3, 0.4) is 0 Å². The Hall–Kier alpha value is -1.01. The lowest BCUT2D eigenvalue weighted by molar-refractivity contribution is -0.320. The maximum atomic E-state index is 14.2. The van der Waals surface area contributed by atoms with Crippen LogP contribution in [0.1, 0.15) is 94.9 Å². The largest absolute Gasteiger partial charge is 0.459 e. The molecule has 3 aliphatic heterocycles. The highest BCUT2D eigenvalue weighted by Crippen LogP contribution is 2.42. The molecular formula is C38H71NO13. The number of likely N-dealkylation sites (N-methyl/N-ethyl adjacent to an activating group) is 1. The van der Waals surface area contributed by atoms with E-state index in [4.69, 9.17) is 33.2 Å². The van der Waals surface area contributed by atoms with E-state index in [1.165, 1.54) is 21.1 Å². The van der Waals surface area contributed by atoms with Crippen molar-refractivity contribution in [1.29, 1.82) is 0 Å². The Morgan fingerprint density at radius 2 is 1.42 bits per heavy atom. The average Bonchev–Trinajstić information content (AvgIpc) is 3.09. The second-order valence-electron chi connectivity index (χ2n) is 16.9. The van der Waals surface area contributed by atoms with Gasteiger partial charge in [-0.25, -0.2) is 0 Å². The molecule has 14 nitrogen and oxygen atoms in total. The summed E-state index contributed by atoms with van der Waals surface area (Å²) in [5.41, 5.74) is -4.11. The number of methoxy groups -OCH3 is 2. The van der Waals surface area contributed by atoms with Gasteiger partial charge in [-0.15, -0.1) is 0 Å². The third-order valence-electron chi connectivity index (χ3n) is 12.5. The quantitative estimate of drug-likeness (QED) is 0.228. The molecule has 14 heteroatoms. The number of rotatable bonds is 8. The van der Waals surface area contributed by atoms with Gasteiger partial charge in [0.25, 0.3) is 0 Å². The molecule has 3 aliphatic rings. The van der Waals surface area contributed by atoms with Gasteiger partial charge in [0.2, 0.25) is 0 Å². The Morgan fingerprint density at radius 1 is 0.827 bits per heavy atom. The van der Waals surface area contributed by atoms with E-state index in [1.54, 1.807) is 34.6 Å². The molecule has 3 fully saturated rings. The lowest BCUT2D eigenvalue weighted by Crippen LogP contribution is -2.61. The first-order valence-corrected chi connectivity index (χ1v) is 19.0. The number of aliphatic hydroxyl groups excluding tert-OH is 4. The number of hydrogen-bond donors (Lipinski definition) is 5. The summed E-state index contributed by atoms with van der Waals surface area (Å²) in [5.74, 6) is -3.69. The monoisotopic (exact) mass is 749 g/mol. The van der Waals surface area contributed by atoms with E-state index in [-0.39, 0.29) is 31.4 Å². The lowest BCUT2D eigenvalue weighted by Gasteiger charge is -2.50. The van der Waals surface area contributed by atoms with E-state index in [0.29, 0.717) is 6.42 Å². The van der Waals surface area contributed by atoms with Crippen molar-refractivity contribution in [3.8, 4) is 0 Å². The molecule has 0 spiro atoms. The minimum absolute atomic E-state index is 0.138. The molecule has 0 amide bonds. The summed E-state index contributed by atoms with van der Waals surface area (Å²) in [6.07, 6.45) is -9.40. The molecule has 3 rings (SSSR count). The minimum Gasteiger partial charge on any atom is -0.459 e. The van der Waals surface area contributed by atoms with Crippen LogP contribution in [0.5, 0.6) is 0 Å². The van der Waals surface area contributed by atoms with Crippen LogP contribution in [-0.4, -0.2) is 155 Å². The molecule has 0 aromatic heterocycles. The lowest BCUT2D eigenvalue weighted by atomic mass is 9.73. The zero-order chi connectivity index (χ0) is 39.7. The molecule has 52 heavy (non-hydrogen) atoms. The molecule has 306 valence electrons. The molecule has 0 bridgehead atoms. The van der Waals surface area contributed by atoms with E-state index < -0.39 is 108 Å². The van der Waals surface area contributed by atoms with Crippen LogP contribution in [0, 0.1) is 23.7 Å². The van der Waals surface area contributed by atoms with E-state index in [2.05, 4.69) is 0 Å². The van der Waals surface area contributed by atoms with Crippen molar-refractivity contribution >= 4 is 5.97 Å². The number of hydrogen-bond acceptors (Lipinski definition) is 14. The fourth-order valence-electron chi connectivity index (χ4n) is 8.76. The molecule has 3 saturated heterocycles. The molecule has 0 radical (unpaired) electrons. The van der Waals surface area contributed by atoms with Crippen LogP contribution in [-0.2, 0) is 38.0 Å². The number of aliphatic hydroxyl groups is 5. The summed E-state index contributed by atoms with van der Waals surface area (Å²) in [6.45, 7) is 17.4. The highest BCUT2D eigenvalue weighted by Gasteiger charge is 2.54. The molecular weight excluding hydrogens is 678 g/mol. The van der Waals surface area contributed by atoms with Gasteiger partial charge >= 0.3 is 5.97 Å². The van der Waals surface area contributed by atoms with Gasteiger partial charge < -0.3 is 63.6 Å². The van der Waals surface area contributed by atoms with Crippen molar-refractivity contribution in [1.82, 2.24) is 4.90 Å². The summed E-state index contributed by atoms with van der Waals surface area (Å²) in [6, 6.07) is -0.269. The van der Waals surface area contributed by atoms with Crippen LogP contribution in [0.15, 0.2) is 0 Å². The fraction of sp³-hybridized carbons (Fsp3) is 0.974. The van der Waals surface area contributed by atoms with Crippen molar-refractivity contribution in [2.75, 3.05) is 28.3 Å². The maximum absolute atomic E-state index is 14.2. The number of carbonyl (C=O) groups excluding carboxylic acids is 1. The van der Waals surface area contributed by atoms with Crippen LogP contribution in [0.4, 0.5) is 0 Å². The molecule has 3 heterocycles. The van der Waals surface area contributed by atoms with Gasteiger partial charge in [-0.05, 0) is 80.8 Å². The predicted molar refractivity (Wildman–Crippen MR) is 192 cm³/mol. The van der Waals surface area contributed by atoms with Crippen LogP contribution in [0.25, 0.3) is 0 Å². The average molecular weight is 750 g/mol. The summed E-state index contributed by atoms with van der Waals surface area (Å²) in [4.78, 5) is 16.1. The normalized spacial score (nSPS) is 50.4. The Balaban J connectivity index is 2.22. The predicted octanol–water partition coefficient (Wildman–Crippen LogP) is 2.23. The number of esters is 1. The molecule has 0 aromatic carbocycles. The Kier molecular flexibility index (Phi) is 15.6. The molecule has 5 N–H and O–H groups in total. The number of cyclic esters (lactones) is 1. The molecule has 0 aromatic rings. The summed E-state index contributed by atoms with van der Waals surface area (Å²) < 4.78 is 44.0. The molecule has 1 unspecified atom stereocenters. The van der Waals surface area contributed by atoms with E-state index in [0.717, 1.165) is 0 Å². The smallest absolute Gasteiger partial charge is 0.311 e. The fourth-order valence-corrected chi connectivity index (χ4v) is 8.76. The van der Waals surface area contributed by atoms with Gasteiger partial charge in [-0.1, -0.05) is 27.7 Å². The van der Waals surface area contributed by atoms with Crippen molar-refractivity contribution in [3.63, 3.8) is 0 Å². The van der Waals surface area contributed by atoms with Crippen LogP contribution in [0.2, 0.25) is 0 Å². The summed E-state index contributed by atoms with van der Waals surface area (Å²) in [7, 11) is 6.82. The topological polar surface area (TPSA) is 186 Å². The highest BCUT2D eigenvalue weighted by molar-refractivity contribution is 5.73. The van der Waals surface area contributed by atoms with Crippen molar-refractivity contribution in [3.05, 3.63) is 0 Å². The highest BCUT2D eigenvalue weighted by atomic mass is 16.7. The minimum atomic E-state index is -1.90. The summed E-state index contributed by atoms with van der Waals surface area (Å²) in [5, 5.41) is 57.3. The van der Waals surface area contributed by atoms with E-state index in [9.17, 15) is 30.3 Å². The third kappa shape index (κ3) is 9.50. The first-order valence-electron chi connectivity index (χ1n) is 19.0. The molecule has 19 atom stereocenters. The van der Waals surface area contributed by atoms with Gasteiger partial charge in [-0.3, -0.25) is 4.79 Å². The SMILES string of the molecule is CC[C@H]1OC(=O)[C@H](C)[C@@H](O[C@H]2C[C@@](C)(OC)[C@@H](O)[C@H](C)O2)[C@H](C)[C@@H](O[C@@H]2O[C@H](C)C[C@H](N(C)C)[C@H]2O)[C@](C)(OC)C[C@@H](C)C(O)[C@H](C)[C@@H](O)[C@]1(C)O. The maximum Gasteiger partial charge on any atom is 0.311 e. The molecule has 0 saturated carbocycles. The Labute approximate surface area is 311 Å². The third-order valence-corrected chi connectivity index (χ3v) is 12.5. The number of carbonyl (C=O) groups is 1. The Morgan fingerprint density at radius 3 is 1.96 bits per heavy atom. The standard InChI is InChI=1S/C38H71NO13/c1-15-26-38(10,45)31(42)21(4)28(40)19(2)17-37(9,47-14)33(52-35-29(41)25(39(11)12)16-20(3)48-35)22(5)30(23(6)34(44)50-26)51-27-18-36(8,46-13)32(43)24(7)49-27/h19-33,35,40-43,45H,15-18H2,1-14H3/t19-,20-,21+,22+,23-,24+,25+,26-,27+,28?,29-,30+,31-,32+,33-,35+,36-,37-,38-/m1/s1. The Bertz CT molecular complexity index is 1140. The second-order valence-corrected chi connectivity index (χ2v) is 16.9. The van der Waals surface area contributed by atoms with Crippen LogP contribution < -0.4 is 0 Å². The first kappa shape index (κ1) is 45.4. The van der Waals surface area contributed by atoms with Crippen molar-refractivity contribution in [2.24, 2.45) is 23.7 Å². The van der Waals surface area contributed by atoms with Crippen molar-refractivity contribution < 1.29 is 63.5 Å². The van der Waals surface area contributed by atoms with Gasteiger partial charge in [0.1, 0.15) is 23.9 Å². The van der Waals surface area contributed by atoms with Crippen molar-refractivity contribution in [2.45, 2.75) is 185 Å². The van der Waals surface area contributed by atoms with Gasteiger partial charge in [0.15, 0.2) is 12.6 Å². The van der Waals surface area contributed by atoms with E-state index >= 15 is 0 Å². The van der Waals surface area contributed by atoms with Gasteiger partial charge in [0.05, 0.1) is 53.7 Å². The second kappa shape index (κ2) is 17.8. The van der Waals surface area contributed by atoms with Crippen LogP contribution >= 0.6 is 0 Å². The number of nitrogens with zero attached hydrogens (tertiary/aromatic N) is 1. The molecule has 0 aliphatic carbocycles. The zero-order valence-corrected chi connectivity index (χ0v) is 34.0. The van der Waals surface area contributed by atoms with E-state index in [1.807, 2.05) is 46.7 Å². The zero-order valence-electron chi connectivity index (χ0n) is 34.0.